The summed E-state index contributed by atoms with van der Waals surface area (Å²) in [5.41, 5.74) is -0.245. The third-order valence-corrected chi connectivity index (χ3v) is 3.16. The smallest absolute Gasteiger partial charge is 0.343 e. The molecule has 0 saturated heterocycles. The molecule has 2 aromatic rings. The van der Waals surface area contributed by atoms with Crippen molar-refractivity contribution in [1.82, 2.24) is 24.7 Å². The van der Waals surface area contributed by atoms with Crippen LogP contribution in [-0.4, -0.2) is 31.3 Å². The highest BCUT2D eigenvalue weighted by atomic mass is 32.2. The lowest BCUT2D eigenvalue weighted by Crippen LogP contribution is -2.12. The van der Waals surface area contributed by atoms with E-state index in [4.69, 9.17) is 0 Å². The molecule has 0 aromatic carbocycles. The van der Waals surface area contributed by atoms with Crippen molar-refractivity contribution < 1.29 is 0 Å². The van der Waals surface area contributed by atoms with Gasteiger partial charge in [0.2, 0.25) is 0 Å². The first kappa shape index (κ1) is 12.6. The standard InChI is InChI=1S/C10H14N6OS/c1-3-4-12-7-5-11-6-8(13-7)18-10-15-14-9(17)16(10)2/h5-6H,3-4H2,1-2H3,(H,12,13)(H,14,17). The molecule has 0 aliphatic heterocycles. The predicted molar refractivity (Wildman–Crippen MR) is 68.8 cm³/mol. The quantitative estimate of drug-likeness (QED) is 0.835. The van der Waals surface area contributed by atoms with Gasteiger partial charge in [-0.2, -0.15) is 0 Å². The Balaban J connectivity index is 2.14. The Bertz CT molecular complexity index is 578. The van der Waals surface area contributed by atoms with E-state index in [1.54, 1.807) is 19.4 Å². The molecule has 0 atom stereocenters. The molecule has 0 fully saturated rings. The number of aromatic nitrogens is 5. The summed E-state index contributed by atoms with van der Waals surface area (Å²) in [6, 6.07) is 0. The Morgan fingerprint density at radius 3 is 3.00 bits per heavy atom. The third kappa shape index (κ3) is 2.89. The molecule has 0 aliphatic rings. The second kappa shape index (κ2) is 5.67. The topological polar surface area (TPSA) is 88.5 Å². The van der Waals surface area contributed by atoms with Crippen LogP contribution >= 0.6 is 11.8 Å². The molecule has 2 aromatic heterocycles. The molecule has 18 heavy (non-hydrogen) atoms. The molecular weight excluding hydrogens is 252 g/mol. The van der Waals surface area contributed by atoms with Gasteiger partial charge in [0.25, 0.3) is 0 Å². The summed E-state index contributed by atoms with van der Waals surface area (Å²) < 4.78 is 1.43. The maximum atomic E-state index is 11.2. The minimum absolute atomic E-state index is 0.245. The van der Waals surface area contributed by atoms with Crippen LogP contribution in [0.1, 0.15) is 13.3 Å². The van der Waals surface area contributed by atoms with E-state index >= 15 is 0 Å². The normalized spacial score (nSPS) is 10.6. The highest BCUT2D eigenvalue weighted by Gasteiger charge is 2.08. The van der Waals surface area contributed by atoms with Gasteiger partial charge in [0.15, 0.2) is 5.16 Å². The van der Waals surface area contributed by atoms with E-state index in [1.807, 2.05) is 0 Å². The average Bonchev–Trinajstić information content (AvgIpc) is 2.69. The summed E-state index contributed by atoms with van der Waals surface area (Å²) in [7, 11) is 1.65. The van der Waals surface area contributed by atoms with Crippen molar-refractivity contribution in [3.8, 4) is 0 Å². The van der Waals surface area contributed by atoms with E-state index in [2.05, 4.69) is 32.4 Å². The summed E-state index contributed by atoms with van der Waals surface area (Å²) >= 11 is 1.29. The van der Waals surface area contributed by atoms with E-state index < -0.39 is 0 Å². The number of hydrogen-bond acceptors (Lipinski definition) is 6. The van der Waals surface area contributed by atoms with Crippen molar-refractivity contribution in [3.63, 3.8) is 0 Å². The van der Waals surface area contributed by atoms with Crippen LogP contribution in [0.3, 0.4) is 0 Å². The fourth-order valence-corrected chi connectivity index (χ4v) is 2.01. The summed E-state index contributed by atoms with van der Waals surface area (Å²) in [6.45, 7) is 2.93. The molecule has 0 amide bonds. The Morgan fingerprint density at radius 2 is 2.33 bits per heavy atom. The maximum Gasteiger partial charge on any atom is 0.343 e. The zero-order chi connectivity index (χ0) is 13.0. The fraction of sp³-hybridized carbons (Fsp3) is 0.400. The third-order valence-electron chi connectivity index (χ3n) is 2.20. The predicted octanol–water partition coefficient (Wildman–Crippen LogP) is 0.871. The maximum absolute atomic E-state index is 11.2. The number of rotatable bonds is 5. The fourth-order valence-electron chi connectivity index (χ4n) is 1.25. The number of aromatic amines is 1. The molecule has 2 rings (SSSR count). The lowest BCUT2D eigenvalue weighted by atomic mass is 10.5. The first-order valence-corrected chi connectivity index (χ1v) is 6.37. The van der Waals surface area contributed by atoms with Gasteiger partial charge < -0.3 is 5.32 Å². The first-order chi connectivity index (χ1) is 8.70. The number of nitrogens with zero attached hydrogens (tertiary/aromatic N) is 4. The minimum atomic E-state index is -0.245. The molecule has 0 unspecified atom stereocenters. The van der Waals surface area contributed by atoms with Crippen LogP contribution in [0.5, 0.6) is 0 Å². The molecule has 2 heterocycles. The van der Waals surface area contributed by atoms with Crippen molar-refractivity contribution in [3.05, 3.63) is 22.9 Å². The molecule has 0 bridgehead atoms. The molecule has 0 radical (unpaired) electrons. The molecule has 0 aliphatic carbocycles. The second-order valence-electron chi connectivity index (χ2n) is 3.64. The first-order valence-electron chi connectivity index (χ1n) is 5.56. The van der Waals surface area contributed by atoms with Crippen LogP contribution in [0.25, 0.3) is 0 Å². The van der Waals surface area contributed by atoms with Gasteiger partial charge in [-0.25, -0.2) is 14.9 Å². The minimum Gasteiger partial charge on any atom is -0.369 e. The summed E-state index contributed by atoms with van der Waals surface area (Å²) in [4.78, 5) is 19.7. The number of nitrogens with one attached hydrogen (secondary N) is 2. The zero-order valence-corrected chi connectivity index (χ0v) is 11.0. The number of anilines is 1. The Labute approximate surface area is 108 Å². The molecule has 0 saturated carbocycles. The van der Waals surface area contributed by atoms with Gasteiger partial charge in [0.05, 0.1) is 12.4 Å². The van der Waals surface area contributed by atoms with Gasteiger partial charge >= 0.3 is 5.69 Å². The van der Waals surface area contributed by atoms with Crippen LogP contribution in [0.15, 0.2) is 27.4 Å². The molecule has 7 nitrogen and oxygen atoms in total. The van der Waals surface area contributed by atoms with Crippen LogP contribution < -0.4 is 11.0 Å². The van der Waals surface area contributed by atoms with E-state index in [0.29, 0.717) is 10.2 Å². The lowest BCUT2D eigenvalue weighted by molar-refractivity contribution is 0.764. The highest BCUT2D eigenvalue weighted by molar-refractivity contribution is 7.99. The summed E-state index contributed by atoms with van der Waals surface area (Å²) in [5, 5.41) is 10.7. The number of hydrogen-bond donors (Lipinski definition) is 2. The lowest BCUT2D eigenvalue weighted by Gasteiger charge is -2.04. The van der Waals surface area contributed by atoms with Crippen molar-refractivity contribution in [2.24, 2.45) is 7.05 Å². The monoisotopic (exact) mass is 266 g/mol. The molecule has 96 valence electrons. The average molecular weight is 266 g/mol. The highest BCUT2D eigenvalue weighted by Crippen LogP contribution is 2.22. The summed E-state index contributed by atoms with van der Waals surface area (Å²) in [6.07, 6.45) is 4.33. The van der Waals surface area contributed by atoms with Gasteiger partial charge in [-0.1, -0.05) is 6.92 Å². The zero-order valence-electron chi connectivity index (χ0n) is 10.2. The van der Waals surface area contributed by atoms with E-state index in [-0.39, 0.29) is 5.69 Å². The Morgan fingerprint density at radius 1 is 1.50 bits per heavy atom. The van der Waals surface area contributed by atoms with Crippen molar-refractivity contribution in [1.29, 1.82) is 0 Å². The van der Waals surface area contributed by atoms with Gasteiger partial charge in [0, 0.05) is 13.6 Å². The molecule has 8 heteroatoms. The Kier molecular flexibility index (Phi) is 3.98. The van der Waals surface area contributed by atoms with E-state index in [0.717, 1.165) is 18.8 Å². The molecular formula is C10H14N6OS. The van der Waals surface area contributed by atoms with E-state index in [9.17, 15) is 4.79 Å². The van der Waals surface area contributed by atoms with Crippen LogP contribution in [0, 0.1) is 0 Å². The van der Waals surface area contributed by atoms with E-state index in [1.165, 1.54) is 16.3 Å². The summed E-state index contributed by atoms with van der Waals surface area (Å²) in [5.74, 6) is 0.724. The van der Waals surface area contributed by atoms with Crippen molar-refractivity contribution in [2.75, 3.05) is 11.9 Å². The molecule has 0 spiro atoms. The van der Waals surface area contributed by atoms with Crippen LogP contribution in [0.2, 0.25) is 0 Å². The largest absolute Gasteiger partial charge is 0.369 e. The van der Waals surface area contributed by atoms with Crippen LogP contribution in [-0.2, 0) is 7.05 Å². The van der Waals surface area contributed by atoms with Gasteiger partial charge in [-0.3, -0.25) is 9.55 Å². The SMILES string of the molecule is CCCNc1cncc(Sc2n[nH]c(=O)n2C)n1. The Hall–Kier alpha value is -1.83. The van der Waals surface area contributed by atoms with Gasteiger partial charge in [-0.15, -0.1) is 5.10 Å². The second-order valence-corrected chi connectivity index (χ2v) is 4.63. The van der Waals surface area contributed by atoms with Gasteiger partial charge in [0.1, 0.15) is 10.8 Å². The van der Waals surface area contributed by atoms with Crippen molar-refractivity contribution in [2.45, 2.75) is 23.5 Å². The molecule has 2 N–H and O–H groups in total. The van der Waals surface area contributed by atoms with Crippen molar-refractivity contribution >= 4 is 17.6 Å². The number of H-pyrrole nitrogens is 1. The van der Waals surface area contributed by atoms with Crippen LogP contribution in [0.4, 0.5) is 5.82 Å². The van der Waals surface area contributed by atoms with Gasteiger partial charge in [-0.05, 0) is 18.2 Å².